The van der Waals surface area contributed by atoms with Crippen LogP contribution >= 0.6 is 0 Å². The maximum absolute atomic E-state index is 9.98. The molecule has 168 valence electrons. The van der Waals surface area contributed by atoms with Gasteiger partial charge < -0.3 is 24.8 Å². The van der Waals surface area contributed by atoms with Crippen molar-refractivity contribution >= 4 is 22.4 Å². The Labute approximate surface area is 187 Å². The summed E-state index contributed by atoms with van der Waals surface area (Å²) in [4.78, 5) is 15.8. The molecule has 1 aliphatic carbocycles. The number of pyridine rings is 3. The summed E-state index contributed by atoms with van der Waals surface area (Å²) in [6.45, 7) is 4.95. The van der Waals surface area contributed by atoms with E-state index in [1.54, 1.807) is 6.07 Å². The van der Waals surface area contributed by atoms with Gasteiger partial charge in [-0.2, -0.15) is 4.98 Å². The number of aryl methyl sites for hydroxylation is 1. The first-order valence-electron chi connectivity index (χ1n) is 11.3. The van der Waals surface area contributed by atoms with E-state index < -0.39 is 0 Å². The van der Waals surface area contributed by atoms with Crippen LogP contribution in [0.2, 0.25) is 0 Å². The summed E-state index contributed by atoms with van der Waals surface area (Å²) < 4.78 is 11.9. The molecule has 4 heterocycles. The molecule has 0 atom stereocenters. The Bertz CT molecular complexity index is 1060. The van der Waals surface area contributed by atoms with Crippen LogP contribution in [-0.2, 0) is 4.74 Å². The van der Waals surface area contributed by atoms with Gasteiger partial charge in [0, 0.05) is 30.9 Å². The predicted molar refractivity (Wildman–Crippen MR) is 124 cm³/mol. The van der Waals surface area contributed by atoms with Crippen LogP contribution in [0.4, 0.5) is 11.5 Å². The Morgan fingerprint density at radius 1 is 1.06 bits per heavy atom. The SMILES string of the molecule is Cc1ccc(NC2CCC(Oc3nc(N4CCOCC4)cc4ncc(O)cc34)CC2)cn1. The van der Waals surface area contributed by atoms with E-state index in [1.807, 2.05) is 25.3 Å². The summed E-state index contributed by atoms with van der Waals surface area (Å²) in [5, 5.41) is 14.3. The first-order valence-corrected chi connectivity index (χ1v) is 11.3. The minimum Gasteiger partial charge on any atom is -0.506 e. The van der Waals surface area contributed by atoms with Crippen molar-refractivity contribution in [2.75, 3.05) is 36.5 Å². The molecule has 0 radical (unpaired) electrons. The van der Waals surface area contributed by atoms with Gasteiger partial charge in [-0.05, 0) is 50.8 Å². The number of morpholine rings is 1. The van der Waals surface area contributed by atoms with Crippen LogP contribution in [0.5, 0.6) is 11.6 Å². The highest BCUT2D eigenvalue weighted by Gasteiger charge is 2.25. The number of aromatic nitrogens is 3. The molecular formula is C24H29N5O3. The highest BCUT2D eigenvalue weighted by Crippen LogP contribution is 2.33. The van der Waals surface area contributed by atoms with E-state index in [9.17, 15) is 5.11 Å². The summed E-state index contributed by atoms with van der Waals surface area (Å²) in [5.41, 5.74) is 2.86. The van der Waals surface area contributed by atoms with Crippen LogP contribution < -0.4 is 15.0 Å². The van der Waals surface area contributed by atoms with Gasteiger partial charge in [-0.3, -0.25) is 9.97 Å². The summed E-state index contributed by atoms with van der Waals surface area (Å²) >= 11 is 0. The van der Waals surface area contributed by atoms with Crippen molar-refractivity contribution in [3.05, 3.63) is 42.4 Å². The number of rotatable bonds is 5. The molecule has 0 aromatic carbocycles. The number of fused-ring (bicyclic) bond motifs is 1. The average molecular weight is 436 g/mol. The third kappa shape index (κ3) is 4.70. The highest BCUT2D eigenvalue weighted by atomic mass is 16.5. The predicted octanol–water partition coefficient (Wildman–Crippen LogP) is 3.68. The number of aromatic hydroxyl groups is 1. The Kier molecular flexibility index (Phi) is 5.94. The number of anilines is 2. The van der Waals surface area contributed by atoms with Crippen molar-refractivity contribution < 1.29 is 14.6 Å². The van der Waals surface area contributed by atoms with Gasteiger partial charge in [0.1, 0.15) is 17.7 Å². The minimum atomic E-state index is 0.0854. The molecule has 3 aromatic rings. The quantitative estimate of drug-likeness (QED) is 0.627. The van der Waals surface area contributed by atoms with Crippen molar-refractivity contribution in [2.24, 2.45) is 0 Å². The highest BCUT2D eigenvalue weighted by molar-refractivity contribution is 5.86. The van der Waals surface area contributed by atoms with E-state index >= 15 is 0 Å². The summed E-state index contributed by atoms with van der Waals surface area (Å²) in [5.74, 6) is 1.51. The zero-order chi connectivity index (χ0) is 21.9. The third-order valence-corrected chi connectivity index (χ3v) is 6.19. The summed E-state index contributed by atoms with van der Waals surface area (Å²) in [7, 11) is 0. The van der Waals surface area contributed by atoms with Gasteiger partial charge in [-0.1, -0.05) is 0 Å². The minimum absolute atomic E-state index is 0.0854. The van der Waals surface area contributed by atoms with E-state index in [0.717, 1.165) is 66.9 Å². The van der Waals surface area contributed by atoms with E-state index in [0.29, 0.717) is 25.1 Å². The molecule has 5 rings (SSSR count). The van der Waals surface area contributed by atoms with Gasteiger partial charge in [-0.15, -0.1) is 0 Å². The van der Waals surface area contributed by atoms with E-state index in [2.05, 4.69) is 26.3 Å². The number of nitrogens with one attached hydrogen (secondary N) is 1. The van der Waals surface area contributed by atoms with Crippen molar-refractivity contribution in [1.82, 2.24) is 15.0 Å². The fraction of sp³-hybridized carbons (Fsp3) is 0.458. The molecule has 8 heteroatoms. The molecular weight excluding hydrogens is 406 g/mol. The molecule has 2 N–H and O–H groups in total. The molecule has 2 aliphatic rings. The fourth-order valence-corrected chi connectivity index (χ4v) is 4.39. The van der Waals surface area contributed by atoms with Gasteiger partial charge in [0.2, 0.25) is 5.88 Å². The van der Waals surface area contributed by atoms with Crippen molar-refractivity contribution in [3.63, 3.8) is 0 Å². The Balaban J connectivity index is 1.30. The largest absolute Gasteiger partial charge is 0.506 e. The van der Waals surface area contributed by atoms with Gasteiger partial charge in [0.05, 0.1) is 42.2 Å². The number of ether oxygens (including phenoxy) is 2. The molecule has 0 unspecified atom stereocenters. The Morgan fingerprint density at radius 3 is 2.62 bits per heavy atom. The topological polar surface area (TPSA) is 92.6 Å². The molecule has 1 aliphatic heterocycles. The zero-order valence-electron chi connectivity index (χ0n) is 18.3. The van der Waals surface area contributed by atoms with Crippen LogP contribution in [0, 0.1) is 6.92 Å². The maximum atomic E-state index is 9.98. The molecule has 1 saturated carbocycles. The standard InChI is InChI=1S/C24H29N5O3/c1-16-2-3-18(14-25-16)27-17-4-6-20(7-5-17)32-24-21-12-19(30)15-26-22(21)13-23(28-24)29-8-10-31-11-9-29/h2-3,12-15,17,20,27,30H,4-11H2,1H3. The molecule has 8 nitrogen and oxygen atoms in total. The summed E-state index contributed by atoms with van der Waals surface area (Å²) in [6, 6.07) is 8.17. The smallest absolute Gasteiger partial charge is 0.225 e. The van der Waals surface area contributed by atoms with E-state index in [1.165, 1.54) is 6.20 Å². The lowest BCUT2D eigenvalue weighted by Gasteiger charge is -2.31. The number of nitrogens with zero attached hydrogens (tertiary/aromatic N) is 4. The van der Waals surface area contributed by atoms with Gasteiger partial charge in [0.25, 0.3) is 0 Å². The molecule has 3 aromatic heterocycles. The van der Waals surface area contributed by atoms with Crippen LogP contribution in [0.15, 0.2) is 36.7 Å². The lowest BCUT2D eigenvalue weighted by molar-refractivity contribution is 0.122. The molecule has 1 saturated heterocycles. The van der Waals surface area contributed by atoms with Crippen LogP contribution in [0.25, 0.3) is 10.9 Å². The van der Waals surface area contributed by atoms with Crippen molar-refractivity contribution in [1.29, 1.82) is 0 Å². The van der Waals surface area contributed by atoms with E-state index in [-0.39, 0.29) is 11.9 Å². The number of hydrogen-bond acceptors (Lipinski definition) is 8. The summed E-state index contributed by atoms with van der Waals surface area (Å²) in [6.07, 6.45) is 7.35. The second-order valence-electron chi connectivity index (χ2n) is 8.57. The first-order chi connectivity index (χ1) is 15.6. The van der Waals surface area contributed by atoms with E-state index in [4.69, 9.17) is 14.5 Å². The molecule has 2 fully saturated rings. The lowest BCUT2D eigenvalue weighted by atomic mass is 9.93. The molecule has 0 spiro atoms. The van der Waals surface area contributed by atoms with Gasteiger partial charge >= 0.3 is 0 Å². The third-order valence-electron chi connectivity index (χ3n) is 6.19. The Hall–Kier alpha value is -3.13. The Morgan fingerprint density at radius 2 is 1.88 bits per heavy atom. The van der Waals surface area contributed by atoms with Gasteiger partial charge in [0.15, 0.2) is 0 Å². The molecule has 32 heavy (non-hydrogen) atoms. The number of hydrogen-bond donors (Lipinski definition) is 2. The fourth-order valence-electron chi connectivity index (χ4n) is 4.39. The monoisotopic (exact) mass is 435 g/mol. The second kappa shape index (κ2) is 9.16. The molecule has 0 bridgehead atoms. The van der Waals surface area contributed by atoms with Crippen molar-refractivity contribution in [3.8, 4) is 11.6 Å². The van der Waals surface area contributed by atoms with Gasteiger partial charge in [-0.25, -0.2) is 0 Å². The van der Waals surface area contributed by atoms with Crippen molar-refractivity contribution in [2.45, 2.75) is 44.8 Å². The zero-order valence-corrected chi connectivity index (χ0v) is 18.3. The normalized spacial score (nSPS) is 21.5. The maximum Gasteiger partial charge on any atom is 0.225 e. The van der Waals surface area contributed by atoms with Crippen LogP contribution in [0.1, 0.15) is 31.4 Å². The average Bonchev–Trinajstić information content (AvgIpc) is 2.82. The molecule has 0 amide bonds. The second-order valence-corrected chi connectivity index (χ2v) is 8.57. The van der Waals surface area contributed by atoms with Crippen LogP contribution in [-0.4, -0.2) is 58.5 Å². The lowest BCUT2D eigenvalue weighted by Crippen LogP contribution is -2.37. The first kappa shape index (κ1) is 20.8. The van der Waals surface area contributed by atoms with Crippen LogP contribution in [0.3, 0.4) is 0 Å².